The maximum Gasteiger partial charge on any atom is 0.226 e. The van der Waals surface area contributed by atoms with Crippen LogP contribution in [0.1, 0.15) is 34.5 Å². The van der Waals surface area contributed by atoms with Crippen LogP contribution in [-0.4, -0.2) is 24.1 Å². The lowest BCUT2D eigenvalue weighted by Crippen LogP contribution is -2.28. The Morgan fingerprint density at radius 1 is 1.04 bits per heavy atom. The molecule has 0 spiro atoms. The highest BCUT2D eigenvalue weighted by Crippen LogP contribution is 2.22. The van der Waals surface area contributed by atoms with Crippen molar-refractivity contribution in [2.24, 2.45) is 0 Å². The molecule has 0 aliphatic heterocycles. The molecule has 25 heavy (non-hydrogen) atoms. The second-order valence-corrected chi connectivity index (χ2v) is 6.82. The minimum atomic E-state index is -0.239. The van der Waals surface area contributed by atoms with Gasteiger partial charge in [0, 0.05) is 36.5 Å². The van der Waals surface area contributed by atoms with E-state index in [0.717, 1.165) is 5.56 Å². The number of hydrogen-bond acceptors (Lipinski definition) is 4. The van der Waals surface area contributed by atoms with Crippen molar-refractivity contribution in [1.82, 2.24) is 5.32 Å². The van der Waals surface area contributed by atoms with Gasteiger partial charge in [-0.2, -0.15) is 0 Å². The van der Waals surface area contributed by atoms with Gasteiger partial charge >= 0.3 is 0 Å². The Balaban J connectivity index is 1.67. The number of rotatable bonds is 8. The molecule has 0 bridgehead atoms. The third-order valence-electron chi connectivity index (χ3n) is 3.59. The molecule has 0 aliphatic rings. The predicted molar refractivity (Wildman–Crippen MR) is 100 cm³/mol. The summed E-state index contributed by atoms with van der Waals surface area (Å²) in [4.78, 5) is 36.1. The van der Waals surface area contributed by atoms with Crippen LogP contribution in [0.4, 0.5) is 5.69 Å². The van der Waals surface area contributed by atoms with Crippen molar-refractivity contribution in [3.8, 4) is 0 Å². The van der Waals surface area contributed by atoms with Crippen LogP contribution in [0.25, 0.3) is 0 Å². The van der Waals surface area contributed by atoms with Gasteiger partial charge in [0.15, 0.2) is 5.78 Å². The minimum Gasteiger partial charge on any atom is -0.356 e. The number of amides is 2. The number of thiophene rings is 1. The molecule has 1 aromatic carbocycles. The van der Waals surface area contributed by atoms with Crippen LogP contribution in [0.5, 0.6) is 0 Å². The van der Waals surface area contributed by atoms with Gasteiger partial charge in [0.05, 0.1) is 4.88 Å². The Labute approximate surface area is 155 Å². The van der Waals surface area contributed by atoms with Crippen molar-refractivity contribution in [1.29, 1.82) is 0 Å². The first kappa shape index (κ1) is 19.1. The van der Waals surface area contributed by atoms with Gasteiger partial charge in [-0.1, -0.05) is 23.7 Å². The first-order valence-electron chi connectivity index (χ1n) is 7.85. The smallest absolute Gasteiger partial charge is 0.226 e. The lowest BCUT2D eigenvalue weighted by atomic mass is 10.2. The van der Waals surface area contributed by atoms with Crippen LogP contribution in [0, 0.1) is 6.92 Å². The molecule has 1 heterocycles. The van der Waals surface area contributed by atoms with Gasteiger partial charge in [-0.15, -0.1) is 11.3 Å². The maximum absolute atomic E-state index is 11.9. The molecule has 2 rings (SSSR count). The van der Waals surface area contributed by atoms with Crippen molar-refractivity contribution >= 4 is 46.2 Å². The number of Topliss-reactive ketones (excluding diaryl/α,β-unsaturated/α-hetero) is 1. The highest BCUT2D eigenvalue weighted by Gasteiger charge is 2.11. The fourth-order valence-electron chi connectivity index (χ4n) is 2.15. The normalized spacial score (nSPS) is 10.3. The van der Waals surface area contributed by atoms with E-state index in [2.05, 4.69) is 10.6 Å². The Morgan fingerprint density at radius 3 is 2.56 bits per heavy atom. The van der Waals surface area contributed by atoms with E-state index in [1.54, 1.807) is 30.3 Å². The number of benzene rings is 1. The number of carbonyl (C=O) groups is 3. The van der Waals surface area contributed by atoms with Gasteiger partial charge in [0.2, 0.25) is 11.8 Å². The van der Waals surface area contributed by atoms with E-state index < -0.39 is 0 Å². The molecule has 2 amide bonds. The Hall–Kier alpha value is -2.18. The molecule has 0 saturated carbocycles. The van der Waals surface area contributed by atoms with Gasteiger partial charge in [-0.05, 0) is 36.1 Å². The molecule has 2 N–H and O–H groups in total. The standard InChI is InChI=1S/C18H19ClN2O3S/c1-12-13(19)4-2-5-14(12)21-18(24)9-10-20-17(23)8-7-15(22)16-6-3-11-25-16/h2-6,11H,7-10H2,1H3,(H,20,23)(H,21,24). The first-order valence-corrected chi connectivity index (χ1v) is 9.11. The first-order chi connectivity index (χ1) is 12.0. The molecule has 0 saturated heterocycles. The Kier molecular flexibility index (Phi) is 7.16. The van der Waals surface area contributed by atoms with Crippen LogP contribution in [0.15, 0.2) is 35.7 Å². The monoisotopic (exact) mass is 378 g/mol. The SMILES string of the molecule is Cc1c(Cl)cccc1NC(=O)CCNC(=O)CCC(=O)c1cccs1. The molecular weight excluding hydrogens is 360 g/mol. The number of ketones is 1. The summed E-state index contributed by atoms with van der Waals surface area (Å²) in [6, 6.07) is 8.83. The maximum atomic E-state index is 11.9. The number of halogens is 1. The van der Waals surface area contributed by atoms with Gasteiger partial charge in [-0.3, -0.25) is 14.4 Å². The zero-order valence-corrected chi connectivity index (χ0v) is 15.4. The van der Waals surface area contributed by atoms with Gasteiger partial charge in [0.1, 0.15) is 0 Å². The number of nitrogens with one attached hydrogen (secondary N) is 2. The molecular formula is C18H19ClN2O3S. The molecule has 1 aromatic heterocycles. The fraction of sp³-hybridized carbons (Fsp3) is 0.278. The van der Waals surface area contributed by atoms with Crippen LogP contribution in [0.3, 0.4) is 0 Å². The number of anilines is 1. The molecule has 0 fully saturated rings. The summed E-state index contributed by atoms with van der Waals surface area (Å²) in [5, 5.41) is 7.83. The fourth-order valence-corrected chi connectivity index (χ4v) is 3.02. The summed E-state index contributed by atoms with van der Waals surface area (Å²) < 4.78 is 0. The summed E-state index contributed by atoms with van der Waals surface area (Å²) in [5.74, 6) is -0.490. The van der Waals surface area contributed by atoms with Gasteiger partial charge in [-0.25, -0.2) is 0 Å². The summed E-state index contributed by atoms with van der Waals surface area (Å²) in [6.07, 6.45) is 0.433. The molecule has 0 aliphatic carbocycles. The van der Waals surface area contributed by atoms with Crippen LogP contribution in [0.2, 0.25) is 5.02 Å². The molecule has 2 aromatic rings. The van der Waals surface area contributed by atoms with Crippen molar-refractivity contribution < 1.29 is 14.4 Å². The van der Waals surface area contributed by atoms with E-state index in [1.165, 1.54) is 11.3 Å². The van der Waals surface area contributed by atoms with Gasteiger partial charge in [0.25, 0.3) is 0 Å². The van der Waals surface area contributed by atoms with Crippen LogP contribution < -0.4 is 10.6 Å². The van der Waals surface area contributed by atoms with Crippen molar-refractivity contribution in [2.45, 2.75) is 26.2 Å². The summed E-state index contributed by atoms with van der Waals surface area (Å²) in [5.41, 5.74) is 1.46. The molecule has 0 atom stereocenters. The van der Waals surface area contributed by atoms with Crippen LogP contribution in [-0.2, 0) is 9.59 Å². The summed E-state index contributed by atoms with van der Waals surface area (Å²) in [6.45, 7) is 2.04. The minimum absolute atomic E-state index is 0.0423. The molecule has 0 unspecified atom stereocenters. The van der Waals surface area contributed by atoms with E-state index in [1.807, 2.05) is 12.3 Å². The second-order valence-electron chi connectivity index (χ2n) is 5.46. The molecule has 7 heteroatoms. The topological polar surface area (TPSA) is 75.3 Å². The van der Waals surface area contributed by atoms with E-state index in [-0.39, 0.29) is 43.4 Å². The molecule has 0 radical (unpaired) electrons. The van der Waals surface area contributed by atoms with E-state index >= 15 is 0 Å². The van der Waals surface area contributed by atoms with Crippen molar-refractivity contribution in [3.63, 3.8) is 0 Å². The van der Waals surface area contributed by atoms with Gasteiger partial charge < -0.3 is 10.6 Å². The average Bonchev–Trinajstić information content (AvgIpc) is 3.11. The number of carbonyl (C=O) groups excluding carboxylic acids is 3. The third-order valence-corrected chi connectivity index (χ3v) is 4.91. The highest BCUT2D eigenvalue weighted by molar-refractivity contribution is 7.12. The zero-order chi connectivity index (χ0) is 18.2. The highest BCUT2D eigenvalue weighted by atomic mass is 35.5. The van der Waals surface area contributed by atoms with E-state index in [4.69, 9.17) is 11.6 Å². The summed E-state index contributed by atoms with van der Waals surface area (Å²) in [7, 11) is 0. The predicted octanol–water partition coefficient (Wildman–Crippen LogP) is 3.82. The Bertz CT molecular complexity index is 760. The molecule has 132 valence electrons. The van der Waals surface area contributed by atoms with E-state index in [0.29, 0.717) is 15.6 Å². The molecule has 5 nitrogen and oxygen atoms in total. The number of hydrogen-bond donors (Lipinski definition) is 2. The van der Waals surface area contributed by atoms with Crippen molar-refractivity contribution in [3.05, 3.63) is 51.2 Å². The lowest BCUT2D eigenvalue weighted by molar-refractivity contribution is -0.121. The second kappa shape index (κ2) is 9.34. The van der Waals surface area contributed by atoms with Crippen LogP contribution >= 0.6 is 22.9 Å². The average molecular weight is 379 g/mol. The third kappa shape index (κ3) is 5.99. The largest absolute Gasteiger partial charge is 0.356 e. The Morgan fingerprint density at radius 2 is 1.84 bits per heavy atom. The quantitative estimate of drug-likeness (QED) is 0.685. The summed E-state index contributed by atoms with van der Waals surface area (Å²) >= 11 is 7.37. The van der Waals surface area contributed by atoms with E-state index in [9.17, 15) is 14.4 Å². The lowest BCUT2D eigenvalue weighted by Gasteiger charge is -2.10. The zero-order valence-electron chi connectivity index (χ0n) is 13.8. The van der Waals surface area contributed by atoms with Crippen molar-refractivity contribution in [2.75, 3.05) is 11.9 Å².